The number of fused-ring (bicyclic) bond motifs is 2. The van der Waals surface area contributed by atoms with Gasteiger partial charge in [0.2, 0.25) is 29.5 Å². The molecule has 0 aromatic heterocycles. The number of carboxylic acid groups (broad SMARTS) is 1. The molecule has 0 bridgehead atoms. The summed E-state index contributed by atoms with van der Waals surface area (Å²) in [5, 5.41) is 21.9. The summed E-state index contributed by atoms with van der Waals surface area (Å²) in [5.74, 6) is -4.22. The van der Waals surface area contributed by atoms with Crippen molar-refractivity contribution in [2.75, 3.05) is 13.1 Å². The zero-order valence-electron chi connectivity index (χ0n) is 30.2. The maximum atomic E-state index is 14.2. The average Bonchev–Trinajstić information content (AvgIpc) is 3.78. The fourth-order valence-corrected chi connectivity index (χ4v) is 11.0. The number of hydrogen-bond donors (Lipinski definition) is 6. The van der Waals surface area contributed by atoms with Crippen molar-refractivity contribution < 1.29 is 43.5 Å². The molecule has 0 spiro atoms. The lowest BCUT2D eigenvalue weighted by Gasteiger charge is -2.45. The van der Waals surface area contributed by atoms with E-state index in [4.69, 9.17) is 0 Å². The van der Waals surface area contributed by atoms with Gasteiger partial charge in [0.25, 0.3) is 0 Å². The molecule has 2 aromatic rings. The van der Waals surface area contributed by atoms with E-state index < -0.39 is 104 Å². The Bertz CT molecular complexity index is 1970. The van der Waals surface area contributed by atoms with Crippen LogP contribution in [0.1, 0.15) is 50.9 Å². The molecule has 55 heavy (non-hydrogen) atoms. The first kappa shape index (κ1) is 38.0. The average molecular weight is 793 g/mol. The number of carbonyl (C=O) groups excluding carboxylic acids is 7. The second-order valence-corrected chi connectivity index (χ2v) is 18.4. The molecule has 5 fully saturated rings. The number of thioether (sulfide) groups is 2. The van der Waals surface area contributed by atoms with E-state index in [0.717, 1.165) is 4.90 Å². The molecule has 0 saturated carbocycles. The number of amides is 9. The van der Waals surface area contributed by atoms with Gasteiger partial charge in [-0.15, -0.1) is 23.5 Å². The minimum absolute atomic E-state index is 0.121. The highest BCUT2D eigenvalue weighted by atomic mass is 32.2. The van der Waals surface area contributed by atoms with Gasteiger partial charge in [-0.2, -0.15) is 0 Å². The van der Waals surface area contributed by atoms with Crippen LogP contribution in [0.5, 0.6) is 0 Å². The van der Waals surface area contributed by atoms with Gasteiger partial charge in [0.15, 0.2) is 0 Å². The number of aliphatic carboxylic acids is 1. The molecule has 0 aliphatic carbocycles. The third kappa shape index (κ3) is 6.62. The van der Waals surface area contributed by atoms with Gasteiger partial charge >= 0.3 is 18.0 Å². The monoisotopic (exact) mass is 792 g/mol. The second kappa shape index (κ2) is 14.1. The number of carboxylic acids is 1. The summed E-state index contributed by atoms with van der Waals surface area (Å²) in [4.78, 5) is 109. The minimum atomic E-state index is -1.27. The van der Waals surface area contributed by atoms with Gasteiger partial charge in [-0.25, -0.2) is 19.3 Å². The molecule has 0 radical (unpaired) electrons. The summed E-state index contributed by atoms with van der Waals surface area (Å²) >= 11 is 2.57. The van der Waals surface area contributed by atoms with Crippen molar-refractivity contribution >= 4 is 71.1 Å². The molecule has 6 N–H and O–H groups in total. The highest BCUT2D eigenvalue weighted by Gasteiger charge is 2.66. The van der Waals surface area contributed by atoms with Crippen molar-refractivity contribution in [3.8, 4) is 0 Å². The molecule has 5 aliphatic heterocycles. The predicted octanol–water partition coefficient (Wildman–Crippen LogP) is 0.499. The summed E-state index contributed by atoms with van der Waals surface area (Å²) in [6.45, 7) is 7.40. The van der Waals surface area contributed by atoms with E-state index in [9.17, 15) is 43.5 Å². The second-order valence-electron chi connectivity index (χ2n) is 14.9. The van der Waals surface area contributed by atoms with Crippen LogP contribution in [-0.2, 0) is 28.8 Å². The minimum Gasteiger partial charge on any atom is -0.480 e. The van der Waals surface area contributed by atoms with Crippen molar-refractivity contribution in [3.05, 3.63) is 71.8 Å². The molecule has 19 heteroatoms. The highest BCUT2D eigenvalue weighted by Crippen LogP contribution is 2.52. The van der Waals surface area contributed by atoms with E-state index in [1.54, 1.807) is 88.4 Å². The predicted molar refractivity (Wildman–Crippen MR) is 199 cm³/mol. The Morgan fingerprint density at radius 3 is 1.64 bits per heavy atom. The lowest BCUT2D eigenvalue weighted by Crippen LogP contribution is -2.72. The molecule has 290 valence electrons. The smallest absolute Gasteiger partial charge is 0.327 e. The van der Waals surface area contributed by atoms with Crippen molar-refractivity contribution in [2.24, 2.45) is 0 Å². The molecule has 2 aromatic carbocycles. The number of urea groups is 2. The first-order valence-electron chi connectivity index (χ1n) is 17.6. The zero-order chi connectivity index (χ0) is 39.6. The number of hydrogen-bond acceptors (Lipinski definition) is 10. The van der Waals surface area contributed by atoms with Crippen LogP contribution in [-0.4, -0.2) is 125 Å². The van der Waals surface area contributed by atoms with E-state index in [1.807, 2.05) is 0 Å². The number of β-lactam (4-membered cyclic amide) rings is 2. The van der Waals surface area contributed by atoms with Gasteiger partial charge in [-0.3, -0.25) is 24.0 Å². The van der Waals surface area contributed by atoms with Gasteiger partial charge in [0.1, 0.15) is 47.0 Å². The van der Waals surface area contributed by atoms with E-state index in [-0.39, 0.29) is 13.1 Å². The number of benzene rings is 2. The maximum Gasteiger partial charge on any atom is 0.327 e. The Hall–Kier alpha value is -5.30. The first-order chi connectivity index (χ1) is 26.0. The van der Waals surface area contributed by atoms with Crippen molar-refractivity contribution in [3.63, 3.8) is 0 Å². The number of nitrogens with zero attached hydrogens (tertiary/aromatic N) is 3. The SMILES string of the molecule is CC1(C)S[C@@H]2[C@H](NC(=O)[C@H](NC(=O)N3CCNC3=O)c3ccccc3)C(=O)N2[C@H]1C(=O)N[C@H](C(=O)N[C@H]1C(=O)N2[C@H]1SC(C)(C)[C@H]2C(=O)O)c1ccccc1. The van der Waals surface area contributed by atoms with Crippen LogP contribution in [0, 0.1) is 0 Å². The fourth-order valence-electron chi connectivity index (χ4n) is 7.77. The Morgan fingerprint density at radius 1 is 0.727 bits per heavy atom. The summed E-state index contributed by atoms with van der Waals surface area (Å²) in [7, 11) is 0. The van der Waals surface area contributed by atoms with Crippen molar-refractivity contribution in [2.45, 2.75) is 84.2 Å². The molecule has 0 unspecified atom stereocenters. The molecular weight excluding hydrogens is 753 g/mol. The number of rotatable bonds is 10. The molecule has 5 saturated heterocycles. The highest BCUT2D eigenvalue weighted by molar-refractivity contribution is 8.02. The van der Waals surface area contributed by atoms with Gasteiger partial charge < -0.3 is 41.5 Å². The zero-order valence-corrected chi connectivity index (χ0v) is 31.8. The van der Waals surface area contributed by atoms with E-state index in [0.29, 0.717) is 11.1 Å². The van der Waals surface area contributed by atoms with Crippen LogP contribution >= 0.6 is 23.5 Å². The summed E-state index contributed by atoms with van der Waals surface area (Å²) in [5.41, 5.74) is 0.840. The molecule has 9 amide bonds. The maximum absolute atomic E-state index is 14.2. The van der Waals surface area contributed by atoms with Gasteiger partial charge in [0.05, 0.1) is 0 Å². The van der Waals surface area contributed by atoms with E-state index in [2.05, 4.69) is 26.6 Å². The lowest BCUT2D eigenvalue weighted by atomic mass is 9.93. The van der Waals surface area contributed by atoms with E-state index in [1.165, 1.54) is 33.3 Å². The lowest BCUT2D eigenvalue weighted by molar-refractivity contribution is -0.161. The first-order valence-corrected chi connectivity index (χ1v) is 19.4. The molecule has 5 heterocycles. The Labute approximate surface area is 324 Å². The molecule has 17 nitrogen and oxygen atoms in total. The molecule has 8 atom stereocenters. The topological polar surface area (TPSA) is 227 Å². The van der Waals surface area contributed by atoms with Crippen molar-refractivity contribution in [1.82, 2.24) is 41.3 Å². The van der Waals surface area contributed by atoms with Gasteiger partial charge in [0, 0.05) is 22.6 Å². The summed E-state index contributed by atoms with van der Waals surface area (Å²) in [6, 6.07) is 8.70. The quantitative estimate of drug-likeness (QED) is 0.182. The van der Waals surface area contributed by atoms with Crippen LogP contribution in [0.25, 0.3) is 0 Å². The van der Waals surface area contributed by atoms with Crippen LogP contribution in [0.3, 0.4) is 0 Å². The number of nitrogens with one attached hydrogen (secondary N) is 5. The van der Waals surface area contributed by atoms with Gasteiger partial charge in [-0.05, 0) is 38.8 Å². The largest absolute Gasteiger partial charge is 0.480 e. The number of carbonyl (C=O) groups is 8. The van der Waals surface area contributed by atoms with E-state index >= 15 is 0 Å². The molecule has 5 aliphatic rings. The van der Waals surface area contributed by atoms with Crippen LogP contribution in [0.2, 0.25) is 0 Å². The Kier molecular flexibility index (Phi) is 9.73. The van der Waals surface area contributed by atoms with Crippen molar-refractivity contribution in [1.29, 1.82) is 0 Å². The summed E-state index contributed by atoms with van der Waals surface area (Å²) < 4.78 is -1.69. The molecular formula is C36H40N8O9S2. The third-order valence-electron chi connectivity index (χ3n) is 10.4. The Balaban J connectivity index is 1.05. The molecule has 7 rings (SSSR count). The van der Waals surface area contributed by atoms with Gasteiger partial charge in [-0.1, -0.05) is 60.7 Å². The summed E-state index contributed by atoms with van der Waals surface area (Å²) in [6.07, 6.45) is 0. The normalized spacial score (nSPS) is 28.1. The van der Waals surface area contributed by atoms with Crippen LogP contribution in [0.15, 0.2) is 60.7 Å². The Morgan fingerprint density at radius 2 is 1.18 bits per heavy atom. The fraction of sp³-hybridized carbons (Fsp3) is 0.444. The third-order valence-corrected chi connectivity index (χ3v) is 13.5. The standard InChI is InChI=1S/C36H40N8O9S2/c1-35(2)23(27(47)38-19(17-11-7-5-8-12-17)25(45)39-22-29(49)44-24(32(50)51)36(3,4)55-31(22)44)43-28(48)21(30(43)54-35)40-26(46)20(18-13-9-6-10-14-18)41-34(53)42-16-15-37-33(42)52/h5-14,19-24,30-31H,15-16H2,1-4H3,(H,37,52)(H,38,47)(H,39,45)(H,40,46)(H,41,53)(H,50,51)/t19-,20+,21+,22-,23-,24+,30+,31-/m0/s1. The number of imide groups is 1. The van der Waals surface area contributed by atoms with Crippen LogP contribution in [0.4, 0.5) is 9.59 Å². The van der Waals surface area contributed by atoms with Crippen LogP contribution < -0.4 is 26.6 Å².